The van der Waals surface area contributed by atoms with Crippen molar-refractivity contribution < 1.29 is 4.79 Å². The van der Waals surface area contributed by atoms with Crippen LogP contribution in [0.5, 0.6) is 0 Å². The smallest absolute Gasteiger partial charge is 0.274 e. The molecule has 0 atom stereocenters. The Balaban J connectivity index is 2.22. The topological polar surface area (TPSA) is 67.8 Å². The Morgan fingerprint density at radius 3 is 2.67 bits per heavy atom. The van der Waals surface area contributed by atoms with E-state index in [-0.39, 0.29) is 16.9 Å². The average molecular weight is 263 g/mol. The number of hydrogen-bond acceptors (Lipinski definition) is 4. The zero-order valence-electron chi connectivity index (χ0n) is 9.94. The molecule has 5 nitrogen and oxygen atoms in total. The van der Waals surface area contributed by atoms with Crippen LogP contribution >= 0.6 is 11.6 Å². The van der Waals surface area contributed by atoms with Gasteiger partial charge in [0.25, 0.3) is 5.91 Å². The summed E-state index contributed by atoms with van der Waals surface area (Å²) in [7, 11) is 0. The van der Waals surface area contributed by atoms with E-state index in [4.69, 9.17) is 11.6 Å². The fourth-order valence-electron chi connectivity index (χ4n) is 1.47. The molecule has 0 spiro atoms. The highest BCUT2D eigenvalue weighted by Gasteiger charge is 2.10. The van der Waals surface area contributed by atoms with Crippen LogP contribution in [0.3, 0.4) is 0 Å². The molecule has 0 fully saturated rings. The van der Waals surface area contributed by atoms with Gasteiger partial charge >= 0.3 is 0 Å². The number of nitrogens with zero attached hydrogens (tertiary/aromatic N) is 3. The molecule has 2 aromatic heterocycles. The van der Waals surface area contributed by atoms with Crippen LogP contribution in [0.4, 0.5) is 5.69 Å². The van der Waals surface area contributed by atoms with Gasteiger partial charge in [0, 0.05) is 23.3 Å². The monoisotopic (exact) mass is 262 g/mol. The van der Waals surface area contributed by atoms with Gasteiger partial charge in [0.15, 0.2) is 0 Å². The van der Waals surface area contributed by atoms with Gasteiger partial charge in [0.2, 0.25) is 5.28 Å². The Hall–Kier alpha value is -2.01. The molecule has 0 aromatic carbocycles. The molecule has 6 heteroatoms. The highest BCUT2D eigenvalue weighted by Crippen LogP contribution is 2.10. The molecule has 0 saturated heterocycles. The van der Waals surface area contributed by atoms with Crippen LogP contribution in [0.2, 0.25) is 5.28 Å². The lowest BCUT2D eigenvalue weighted by atomic mass is 10.3. The summed E-state index contributed by atoms with van der Waals surface area (Å²) in [4.78, 5) is 23.8. The number of aryl methyl sites for hydroxylation is 2. The number of anilines is 1. The van der Waals surface area contributed by atoms with E-state index in [1.807, 2.05) is 6.92 Å². The first-order chi connectivity index (χ1) is 8.54. The number of hydrogen-bond donors (Lipinski definition) is 1. The van der Waals surface area contributed by atoms with Crippen molar-refractivity contribution in [2.75, 3.05) is 5.32 Å². The Labute approximate surface area is 109 Å². The van der Waals surface area contributed by atoms with E-state index in [1.54, 1.807) is 31.3 Å². The highest BCUT2D eigenvalue weighted by molar-refractivity contribution is 6.28. The molecule has 0 radical (unpaired) electrons. The molecule has 92 valence electrons. The maximum atomic E-state index is 11.9. The molecule has 2 aromatic rings. The minimum absolute atomic E-state index is 0.0612. The van der Waals surface area contributed by atoms with Crippen LogP contribution in [-0.2, 0) is 0 Å². The van der Waals surface area contributed by atoms with Gasteiger partial charge in [0.1, 0.15) is 5.69 Å². The van der Waals surface area contributed by atoms with Gasteiger partial charge < -0.3 is 5.32 Å². The van der Waals surface area contributed by atoms with Crippen LogP contribution < -0.4 is 5.32 Å². The quantitative estimate of drug-likeness (QED) is 0.844. The normalized spacial score (nSPS) is 10.2. The van der Waals surface area contributed by atoms with E-state index in [2.05, 4.69) is 20.3 Å². The molecule has 1 amide bonds. The second-order valence-electron chi connectivity index (χ2n) is 3.80. The lowest BCUT2D eigenvalue weighted by molar-refractivity contribution is 0.102. The summed E-state index contributed by atoms with van der Waals surface area (Å²) in [6.45, 7) is 3.60. The number of halogens is 1. The third kappa shape index (κ3) is 3.01. The molecule has 0 aliphatic carbocycles. The molecular weight excluding hydrogens is 252 g/mol. The first-order valence-electron chi connectivity index (χ1n) is 5.30. The summed E-state index contributed by atoms with van der Waals surface area (Å²) in [5.41, 5.74) is 2.37. The third-order valence-corrected chi connectivity index (χ3v) is 2.38. The van der Waals surface area contributed by atoms with E-state index >= 15 is 0 Å². The van der Waals surface area contributed by atoms with Crippen molar-refractivity contribution >= 4 is 23.2 Å². The van der Waals surface area contributed by atoms with E-state index in [9.17, 15) is 4.79 Å². The molecule has 2 rings (SSSR count). The van der Waals surface area contributed by atoms with Crippen molar-refractivity contribution in [1.29, 1.82) is 0 Å². The van der Waals surface area contributed by atoms with Crippen LogP contribution in [0.1, 0.15) is 21.9 Å². The van der Waals surface area contributed by atoms with Crippen molar-refractivity contribution in [3.8, 4) is 0 Å². The number of rotatable bonds is 2. The number of carbonyl (C=O) groups is 1. The van der Waals surface area contributed by atoms with Gasteiger partial charge in [-0.15, -0.1) is 0 Å². The Kier molecular flexibility index (Phi) is 3.53. The first-order valence-corrected chi connectivity index (χ1v) is 5.67. The number of carbonyl (C=O) groups excluding carboxylic acids is 1. The molecule has 2 heterocycles. The van der Waals surface area contributed by atoms with Crippen LogP contribution in [-0.4, -0.2) is 20.9 Å². The second kappa shape index (κ2) is 5.10. The van der Waals surface area contributed by atoms with E-state index in [0.717, 1.165) is 5.69 Å². The Morgan fingerprint density at radius 2 is 2.00 bits per heavy atom. The Bertz CT molecular complexity index is 580. The minimum atomic E-state index is -0.326. The molecule has 0 unspecified atom stereocenters. The predicted octanol–water partition coefficient (Wildman–Crippen LogP) is 2.39. The molecule has 0 saturated carbocycles. The summed E-state index contributed by atoms with van der Waals surface area (Å²) in [5.74, 6) is -0.326. The van der Waals surface area contributed by atoms with E-state index < -0.39 is 0 Å². The summed E-state index contributed by atoms with van der Waals surface area (Å²) < 4.78 is 0. The number of pyridine rings is 1. The lowest BCUT2D eigenvalue weighted by Crippen LogP contribution is -2.14. The van der Waals surface area contributed by atoms with Gasteiger partial charge in [-0.2, -0.15) is 0 Å². The summed E-state index contributed by atoms with van der Waals surface area (Å²) >= 11 is 5.71. The highest BCUT2D eigenvalue weighted by atomic mass is 35.5. The molecule has 0 aliphatic rings. The fraction of sp³-hybridized carbons (Fsp3) is 0.167. The fourth-order valence-corrected chi connectivity index (χ4v) is 1.69. The second-order valence-corrected chi connectivity index (χ2v) is 4.14. The van der Waals surface area contributed by atoms with Gasteiger partial charge in [0.05, 0.1) is 0 Å². The van der Waals surface area contributed by atoms with Gasteiger partial charge in [-0.25, -0.2) is 9.97 Å². The van der Waals surface area contributed by atoms with Crippen molar-refractivity contribution in [1.82, 2.24) is 15.0 Å². The molecule has 0 aliphatic heterocycles. The average Bonchev–Trinajstić information content (AvgIpc) is 2.27. The summed E-state index contributed by atoms with van der Waals surface area (Å²) in [6.07, 6.45) is 1.63. The SMILES string of the molecule is Cc1cc(NC(=O)c2cc(C)nc(Cl)n2)ccn1. The van der Waals surface area contributed by atoms with Crippen LogP contribution in [0.15, 0.2) is 24.4 Å². The van der Waals surface area contributed by atoms with Crippen molar-refractivity contribution in [3.63, 3.8) is 0 Å². The standard InChI is InChI=1S/C12H11ClN4O/c1-7-5-9(3-4-14-7)16-11(18)10-6-8(2)15-12(13)17-10/h3-6H,1-2H3,(H,14,16,18). The minimum Gasteiger partial charge on any atom is -0.321 e. The third-order valence-electron chi connectivity index (χ3n) is 2.21. The van der Waals surface area contributed by atoms with Crippen LogP contribution in [0.25, 0.3) is 0 Å². The molecule has 1 N–H and O–H groups in total. The van der Waals surface area contributed by atoms with Crippen molar-refractivity contribution in [3.05, 3.63) is 46.8 Å². The van der Waals surface area contributed by atoms with E-state index in [0.29, 0.717) is 11.4 Å². The molecule has 0 bridgehead atoms. The van der Waals surface area contributed by atoms with Gasteiger partial charge in [-0.3, -0.25) is 9.78 Å². The first kappa shape index (κ1) is 12.4. The molecule has 18 heavy (non-hydrogen) atoms. The Morgan fingerprint density at radius 1 is 1.22 bits per heavy atom. The predicted molar refractivity (Wildman–Crippen MR) is 68.7 cm³/mol. The van der Waals surface area contributed by atoms with Crippen LogP contribution in [0, 0.1) is 13.8 Å². The van der Waals surface area contributed by atoms with Gasteiger partial charge in [-0.1, -0.05) is 0 Å². The zero-order chi connectivity index (χ0) is 13.1. The van der Waals surface area contributed by atoms with E-state index in [1.165, 1.54) is 0 Å². The number of nitrogens with one attached hydrogen (secondary N) is 1. The summed E-state index contributed by atoms with van der Waals surface area (Å²) in [5, 5.41) is 2.79. The number of amides is 1. The van der Waals surface area contributed by atoms with Crippen molar-refractivity contribution in [2.45, 2.75) is 13.8 Å². The maximum Gasteiger partial charge on any atom is 0.274 e. The zero-order valence-corrected chi connectivity index (χ0v) is 10.7. The number of aromatic nitrogens is 3. The lowest BCUT2D eigenvalue weighted by Gasteiger charge is -2.05. The maximum absolute atomic E-state index is 11.9. The largest absolute Gasteiger partial charge is 0.321 e. The molecular formula is C12H11ClN4O. The van der Waals surface area contributed by atoms with Crippen molar-refractivity contribution in [2.24, 2.45) is 0 Å². The summed E-state index contributed by atoms with van der Waals surface area (Å²) in [6, 6.07) is 5.06. The van der Waals surface area contributed by atoms with Gasteiger partial charge in [-0.05, 0) is 43.6 Å².